The molecule has 1 aliphatic carbocycles. The fourth-order valence-corrected chi connectivity index (χ4v) is 5.75. The monoisotopic (exact) mass is 700 g/mol. The standard InChI is InChI=1S/C25H31FN2O3.C8H12O.C7H8.C4H10/c1-3-19-16-20-22(17-25(19)30-12-4-9-28-10-13-29-14-11-28)27-8-7-23(20)31-24-6-5-18(2)15-21(24)26;1-6(2)8(4-5-8)7(3)9;1-7-5-3-2-4-6-7;1-3-4-2/h5-6,15-17H,3-4,7-14H2,1-2H3;1,4-5H2,2-3H3;2-6H,1H3;3-4H2,1-2H3. The van der Waals surface area contributed by atoms with Crippen molar-refractivity contribution in [1.82, 2.24) is 4.90 Å². The summed E-state index contributed by atoms with van der Waals surface area (Å²) in [5.74, 6) is 1.86. The smallest absolute Gasteiger partial charge is 0.165 e. The van der Waals surface area contributed by atoms with E-state index < -0.39 is 0 Å². The first-order valence-corrected chi connectivity index (χ1v) is 18.8. The van der Waals surface area contributed by atoms with E-state index in [9.17, 15) is 9.18 Å². The number of rotatable bonds is 11. The lowest BCUT2D eigenvalue weighted by atomic mass is 9.95. The second-order valence-electron chi connectivity index (χ2n) is 13.7. The molecule has 0 radical (unpaired) electrons. The van der Waals surface area contributed by atoms with Gasteiger partial charge < -0.3 is 14.2 Å². The van der Waals surface area contributed by atoms with Gasteiger partial charge in [-0.2, -0.15) is 0 Å². The van der Waals surface area contributed by atoms with Crippen molar-refractivity contribution < 1.29 is 23.4 Å². The van der Waals surface area contributed by atoms with Crippen molar-refractivity contribution in [2.75, 3.05) is 46.0 Å². The van der Waals surface area contributed by atoms with Crippen molar-refractivity contribution in [3.05, 3.63) is 106 Å². The van der Waals surface area contributed by atoms with E-state index in [1.807, 2.05) is 44.2 Å². The topological polar surface area (TPSA) is 60.4 Å². The van der Waals surface area contributed by atoms with E-state index >= 15 is 0 Å². The number of ether oxygens (including phenoxy) is 3. The Morgan fingerprint density at radius 2 is 1.63 bits per heavy atom. The Morgan fingerprint density at radius 1 is 0.941 bits per heavy atom. The molecule has 3 aromatic carbocycles. The zero-order valence-electron chi connectivity index (χ0n) is 32.3. The van der Waals surface area contributed by atoms with Gasteiger partial charge in [0.25, 0.3) is 0 Å². The molecule has 0 unspecified atom stereocenters. The van der Waals surface area contributed by atoms with E-state index in [-0.39, 0.29) is 22.8 Å². The van der Waals surface area contributed by atoms with E-state index in [2.05, 4.69) is 62.4 Å². The van der Waals surface area contributed by atoms with Gasteiger partial charge in [-0.05, 0) is 82.7 Å². The Bertz CT molecular complexity index is 1640. The van der Waals surface area contributed by atoms with Crippen LogP contribution in [0.1, 0.15) is 89.8 Å². The molecule has 0 N–H and O–H groups in total. The molecule has 0 aromatic heterocycles. The highest BCUT2D eigenvalue weighted by molar-refractivity contribution is 5.88. The molecule has 6 rings (SSSR count). The third-order valence-corrected chi connectivity index (χ3v) is 9.46. The van der Waals surface area contributed by atoms with E-state index in [0.29, 0.717) is 19.6 Å². The lowest BCUT2D eigenvalue weighted by Crippen LogP contribution is -2.37. The lowest BCUT2D eigenvalue weighted by molar-refractivity contribution is -0.120. The number of fused-ring (bicyclic) bond motifs is 1. The quantitative estimate of drug-likeness (QED) is 0.148. The summed E-state index contributed by atoms with van der Waals surface area (Å²) in [7, 11) is 0. The van der Waals surface area contributed by atoms with E-state index in [1.165, 1.54) is 24.5 Å². The maximum atomic E-state index is 14.3. The van der Waals surface area contributed by atoms with Gasteiger partial charge in [0.05, 0.1) is 25.2 Å². The van der Waals surface area contributed by atoms with Gasteiger partial charge in [-0.3, -0.25) is 14.7 Å². The molecule has 0 bridgehead atoms. The molecule has 2 heterocycles. The minimum absolute atomic E-state index is 0.0833. The Labute approximate surface area is 306 Å². The van der Waals surface area contributed by atoms with Crippen molar-refractivity contribution in [3.8, 4) is 11.5 Å². The number of halogens is 1. The summed E-state index contributed by atoms with van der Waals surface area (Å²) >= 11 is 0. The second-order valence-corrected chi connectivity index (χ2v) is 13.7. The molecule has 0 atom stereocenters. The molecular weight excluding hydrogens is 639 g/mol. The van der Waals surface area contributed by atoms with Crippen LogP contribution in [0.5, 0.6) is 11.5 Å². The van der Waals surface area contributed by atoms with Gasteiger partial charge in [-0.15, -0.1) is 0 Å². The minimum Gasteiger partial charge on any atom is -0.493 e. The zero-order chi connectivity index (χ0) is 37.2. The Kier molecular flexibility index (Phi) is 17.6. The zero-order valence-corrected chi connectivity index (χ0v) is 32.3. The predicted octanol–water partition coefficient (Wildman–Crippen LogP) is 8.74. The third kappa shape index (κ3) is 13.4. The number of benzene rings is 3. The molecule has 2 aliphatic heterocycles. The van der Waals surface area contributed by atoms with Crippen molar-refractivity contribution in [1.29, 1.82) is 0 Å². The summed E-state index contributed by atoms with van der Waals surface area (Å²) in [6.07, 6.45) is 7.17. The molecule has 278 valence electrons. The molecule has 0 spiro atoms. The normalized spacial score (nSPS) is 15.6. The summed E-state index contributed by atoms with van der Waals surface area (Å²) in [5.41, 5.74) is 4.27. The molecule has 1 saturated heterocycles. The van der Waals surface area contributed by atoms with Gasteiger partial charge >= 0.3 is 0 Å². The molecule has 3 aromatic rings. The fraction of sp³-hybridized carbons (Fsp3) is 0.500. The Hall–Kier alpha value is -3.81. The fourth-order valence-electron chi connectivity index (χ4n) is 5.75. The number of hydrogen-bond acceptors (Lipinski definition) is 6. The molecule has 2 fully saturated rings. The van der Waals surface area contributed by atoms with Crippen molar-refractivity contribution in [3.63, 3.8) is 0 Å². The van der Waals surface area contributed by atoms with E-state index in [0.717, 1.165) is 97.3 Å². The largest absolute Gasteiger partial charge is 0.493 e. The predicted molar refractivity (Wildman–Crippen MR) is 208 cm³/mol. The van der Waals surface area contributed by atoms with Crippen LogP contribution in [0.15, 0.2) is 77.8 Å². The maximum Gasteiger partial charge on any atom is 0.165 e. The minimum atomic E-state index is -0.340. The van der Waals surface area contributed by atoms with Gasteiger partial charge in [0, 0.05) is 49.3 Å². The van der Waals surface area contributed by atoms with Gasteiger partial charge in [0.1, 0.15) is 17.3 Å². The average Bonchev–Trinajstić information content (AvgIpc) is 3.96. The van der Waals surface area contributed by atoms with E-state index in [1.54, 1.807) is 13.0 Å². The first kappa shape index (κ1) is 41.6. The molecule has 51 heavy (non-hydrogen) atoms. The molecule has 3 aliphatic rings. The maximum absolute atomic E-state index is 14.3. The number of allylic oxidation sites excluding steroid dienone is 1. The highest BCUT2D eigenvalue weighted by Crippen LogP contribution is 2.51. The van der Waals surface area contributed by atoms with Gasteiger partial charge in [0.15, 0.2) is 11.6 Å². The van der Waals surface area contributed by atoms with Crippen LogP contribution in [0.4, 0.5) is 4.39 Å². The van der Waals surface area contributed by atoms with Crippen LogP contribution in [0, 0.1) is 25.1 Å². The van der Waals surface area contributed by atoms with Crippen LogP contribution < -0.4 is 20.0 Å². The average molecular weight is 701 g/mol. The number of hydrogen-bond donors (Lipinski definition) is 0. The van der Waals surface area contributed by atoms with Crippen molar-refractivity contribution in [2.24, 2.45) is 10.4 Å². The number of carbonyl (C=O) groups is 1. The number of unbranched alkanes of at least 4 members (excludes halogenated alkanes) is 1. The molecule has 7 heteroatoms. The summed E-state index contributed by atoms with van der Waals surface area (Å²) in [5, 5.41) is 1.79. The Balaban J connectivity index is 0.000000283. The van der Waals surface area contributed by atoms with Crippen LogP contribution in [-0.4, -0.2) is 56.7 Å². The SMILES string of the molecule is C=C(C)C1(C(C)=O)CC1.CCCC.CCc1cc2c(cc1OCCCN1CCOCC1)=NCCC=2Oc1ccc(C)cc1F.Cc1ccccc1. The number of nitrogens with zero attached hydrogens (tertiary/aromatic N) is 2. The molecule has 6 nitrogen and oxygen atoms in total. The van der Waals surface area contributed by atoms with Crippen LogP contribution in [0.2, 0.25) is 0 Å². The van der Waals surface area contributed by atoms with Crippen LogP contribution in [0.25, 0.3) is 5.76 Å². The molecule has 0 amide bonds. The van der Waals surface area contributed by atoms with Crippen molar-refractivity contribution in [2.45, 2.75) is 93.4 Å². The molecule has 1 saturated carbocycles. The first-order chi connectivity index (χ1) is 24.5. The summed E-state index contributed by atoms with van der Waals surface area (Å²) in [6.45, 7) is 23.8. The molecular formula is C44H61FN2O4. The van der Waals surface area contributed by atoms with Crippen molar-refractivity contribution >= 4 is 11.5 Å². The van der Waals surface area contributed by atoms with Crippen LogP contribution in [-0.2, 0) is 16.0 Å². The van der Waals surface area contributed by atoms with Crippen LogP contribution in [0.3, 0.4) is 0 Å². The van der Waals surface area contributed by atoms with Gasteiger partial charge in [-0.25, -0.2) is 4.39 Å². The lowest BCUT2D eigenvalue weighted by Gasteiger charge is -2.26. The van der Waals surface area contributed by atoms with E-state index in [4.69, 9.17) is 14.2 Å². The summed E-state index contributed by atoms with van der Waals surface area (Å²) in [6, 6.07) is 19.4. The highest BCUT2D eigenvalue weighted by Gasteiger charge is 2.47. The summed E-state index contributed by atoms with van der Waals surface area (Å²) in [4.78, 5) is 18.0. The number of aryl methyl sites for hydroxylation is 3. The van der Waals surface area contributed by atoms with Gasteiger partial charge in [-0.1, -0.05) is 87.7 Å². The Morgan fingerprint density at radius 3 is 2.14 bits per heavy atom. The number of carbonyl (C=O) groups excluding carboxylic acids is 1. The second kappa shape index (κ2) is 21.5. The summed E-state index contributed by atoms with van der Waals surface area (Å²) < 4.78 is 31.8. The number of morpholine rings is 1. The van der Waals surface area contributed by atoms with Crippen LogP contribution >= 0.6 is 0 Å². The van der Waals surface area contributed by atoms with Gasteiger partial charge in [0.2, 0.25) is 0 Å². The third-order valence-electron chi connectivity index (χ3n) is 9.46. The number of ketones is 1. The first-order valence-electron chi connectivity index (χ1n) is 18.8. The number of Topliss-reactive ketones (excluding diaryl/α,β-unsaturated/α-hetero) is 1. The highest BCUT2D eigenvalue weighted by atomic mass is 19.1.